The lowest BCUT2D eigenvalue weighted by Crippen LogP contribution is -2.30. The van der Waals surface area contributed by atoms with Crippen molar-refractivity contribution in [1.29, 1.82) is 0 Å². The normalized spacial score (nSPS) is 11.9. The standard InChI is InChI=1S/C26H25N3O4/c1-14-6-9-19(10-7-14)22-13-20(23-17(4)29-33-25(23)28-22)26(31)32-18(5)24(30)27-21-11-8-15(2)12-16(21)3/h6-13,18H,1-5H3,(H,27,30). The highest BCUT2D eigenvalue weighted by molar-refractivity contribution is 6.05. The fourth-order valence-electron chi connectivity index (χ4n) is 3.59. The summed E-state index contributed by atoms with van der Waals surface area (Å²) < 4.78 is 10.9. The molecule has 0 spiro atoms. The van der Waals surface area contributed by atoms with Gasteiger partial charge in [-0.2, -0.15) is 0 Å². The van der Waals surface area contributed by atoms with Gasteiger partial charge in [0.25, 0.3) is 11.6 Å². The van der Waals surface area contributed by atoms with Crippen LogP contribution in [0.2, 0.25) is 0 Å². The molecular weight excluding hydrogens is 418 g/mol. The van der Waals surface area contributed by atoms with E-state index in [0.717, 1.165) is 22.3 Å². The molecule has 0 aliphatic carbocycles. The predicted octanol–water partition coefficient (Wildman–Crippen LogP) is 5.31. The van der Waals surface area contributed by atoms with Gasteiger partial charge in [-0.15, -0.1) is 0 Å². The topological polar surface area (TPSA) is 94.3 Å². The molecule has 4 rings (SSSR count). The van der Waals surface area contributed by atoms with Gasteiger partial charge < -0.3 is 14.6 Å². The second kappa shape index (κ2) is 8.86. The van der Waals surface area contributed by atoms with Crippen molar-refractivity contribution >= 4 is 28.7 Å². The number of aryl methyl sites for hydroxylation is 4. The summed E-state index contributed by atoms with van der Waals surface area (Å²) in [6.07, 6.45) is -1.01. The molecule has 2 aromatic heterocycles. The summed E-state index contributed by atoms with van der Waals surface area (Å²) in [6, 6.07) is 15.1. The Bertz CT molecular complexity index is 1360. The number of fused-ring (bicyclic) bond motifs is 1. The van der Waals surface area contributed by atoms with Crippen molar-refractivity contribution in [3.05, 3.63) is 76.5 Å². The van der Waals surface area contributed by atoms with Gasteiger partial charge in [-0.3, -0.25) is 4.79 Å². The summed E-state index contributed by atoms with van der Waals surface area (Å²) in [5, 5.41) is 7.24. The maximum Gasteiger partial charge on any atom is 0.339 e. The van der Waals surface area contributed by atoms with Crippen molar-refractivity contribution in [1.82, 2.24) is 10.1 Å². The van der Waals surface area contributed by atoms with E-state index in [0.29, 0.717) is 22.5 Å². The quantitative estimate of drug-likeness (QED) is 0.420. The number of nitrogens with one attached hydrogen (secondary N) is 1. The number of hydrogen-bond donors (Lipinski definition) is 1. The molecule has 0 fully saturated rings. The van der Waals surface area contributed by atoms with Crippen LogP contribution in [0.15, 0.2) is 53.1 Å². The van der Waals surface area contributed by atoms with Gasteiger partial charge in [-0.25, -0.2) is 9.78 Å². The van der Waals surface area contributed by atoms with Gasteiger partial charge >= 0.3 is 5.97 Å². The minimum Gasteiger partial charge on any atom is -0.449 e. The molecule has 0 saturated heterocycles. The Morgan fingerprint density at radius 1 is 0.970 bits per heavy atom. The monoisotopic (exact) mass is 443 g/mol. The molecule has 1 atom stereocenters. The number of anilines is 1. The number of aromatic nitrogens is 2. The molecule has 0 bridgehead atoms. The lowest BCUT2D eigenvalue weighted by Gasteiger charge is -2.15. The van der Waals surface area contributed by atoms with Crippen molar-refractivity contribution in [3.8, 4) is 11.3 Å². The fourth-order valence-corrected chi connectivity index (χ4v) is 3.59. The average Bonchev–Trinajstić information content (AvgIpc) is 3.16. The number of pyridine rings is 1. The van der Waals surface area contributed by atoms with Gasteiger partial charge in [-0.05, 0) is 52.3 Å². The number of ether oxygens (including phenoxy) is 1. The molecule has 7 heteroatoms. The molecule has 0 saturated carbocycles. The summed E-state index contributed by atoms with van der Waals surface area (Å²) in [5.74, 6) is -1.06. The first kappa shape index (κ1) is 22.2. The molecule has 7 nitrogen and oxygen atoms in total. The number of rotatable bonds is 5. The number of esters is 1. The maximum absolute atomic E-state index is 13.1. The van der Waals surface area contributed by atoms with Crippen LogP contribution in [0.1, 0.15) is 39.7 Å². The van der Waals surface area contributed by atoms with E-state index in [1.54, 1.807) is 13.0 Å². The van der Waals surface area contributed by atoms with E-state index in [1.807, 2.05) is 63.2 Å². The summed E-state index contributed by atoms with van der Waals surface area (Å²) in [4.78, 5) is 30.3. The van der Waals surface area contributed by atoms with Crippen LogP contribution in [0.25, 0.3) is 22.4 Å². The van der Waals surface area contributed by atoms with E-state index in [1.165, 1.54) is 6.92 Å². The number of nitrogens with zero attached hydrogens (tertiary/aromatic N) is 2. The van der Waals surface area contributed by atoms with E-state index in [9.17, 15) is 9.59 Å². The minimum atomic E-state index is -1.01. The number of carbonyl (C=O) groups is 2. The Labute approximate surface area is 191 Å². The van der Waals surface area contributed by atoms with Crippen LogP contribution in [-0.2, 0) is 9.53 Å². The Morgan fingerprint density at radius 2 is 1.67 bits per heavy atom. The van der Waals surface area contributed by atoms with Crippen LogP contribution in [-0.4, -0.2) is 28.1 Å². The lowest BCUT2D eigenvalue weighted by atomic mass is 10.0. The maximum atomic E-state index is 13.1. The van der Waals surface area contributed by atoms with Gasteiger partial charge in [0.1, 0.15) is 0 Å². The molecule has 1 unspecified atom stereocenters. The summed E-state index contributed by atoms with van der Waals surface area (Å²) in [6.45, 7) is 9.15. The van der Waals surface area contributed by atoms with Gasteiger partial charge in [0.15, 0.2) is 6.10 Å². The molecule has 4 aromatic rings. The Kier molecular flexibility index (Phi) is 5.96. The largest absolute Gasteiger partial charge is 0.449 e. The van der Waals surface area contributed by atoms with Crippen LogP contribution >= 0.6 is 0 Å². The summed E-state index contributed by atoms with van der Waals surface area (Å²) in [7, 11) is 0. The zero-order valence-electron chi connectivity index (χ0n) is 19.2. The van der Waals surface area contributed by atoms with Crippen molar-refractivity contribution in [3.63, 3.8) is 0 Å². The van der Waals surface area contributed by atoms with Crippen LogP contribution in [0.3, 0.4) is 0 Å². The van der Waals surface area contributed by atoms with E-state index in [4.69, 9.17) is 9.26 Å². The van der Waals surface area contributed by atoms with Crippen molar-refractivity contribution in [2.75, 3.05) is 5.32 Å². The van der Waals surface area contributed by atoms with Crippen molar-refractivity contribution in [2.45, 2.75) is 40.7 Å². The third kappa shape index (κ3) is 4.62. The van der Waals surface area contributed by atoms with Crippen LogP contribution in [0.5, 0.6) is 0 Å². The third-order valence-corrected chi connectivity index (χ3v) is 5.48. The molecule has 0 aliphatic heterocycles. The van der Waals surface area contributed by atoms with E-state index < -0.39 is 18.0 Å². The molecule has 0 radical (unpaired) electrons. The number of benzene rings is 2. The second-order valence-corrected chi connectivity index (χ2v) is 8.22. The van der Waals surface area contributed by atoms with Gasteiger partial charge in [0.05, 0.1) is 22.3 Å². The summed E-state index contributed by atoms with van der Waals surface area (Å²) in [5.41, 5.74) is 6.21. The summed E-state index contributed by atoms with van der Waals surface area (Å²) >= 11 is 0. The highest BCUT2D eigenvalue weighted by atomic mass is 16.5. The van der Waals surface area contributed by atoms with Gasteiger partial charge in [-0.1, -0.05) is 52.7 Å². The minimum absolute atomic E-state index is 0.241. The molecule has 2 aromatic carbocycles. The smallest absolute Gasteiger partial charge is 0.339 e. The molecule has 2 heterocycles. The highest BCUT2D eigenvalue weighted by Crippen LogP contribution is 2.28. The lowest BCUT2D eigenvalue weighted by molar-refractivity contribution is -0.123. The molecule has 0 aliphatic rings. The molecule has 33 heavy (non-hydrogen) atoms. The highest BCUT2D eigenvalue weighted by Gasteiger charge is 2.24. The van der Waals surface area contributed by atoms with Crippen LogP contribution < -0.4 is 5.32 Å². The van der Waals surface area contributed by atoms with E-state index in [-0.39, 0.29) is 11.3 Å². The van der Waals surface area contributed by atoms with E-state index in [2.05, 4.69) is 15.5 Å². The number of carbonyl (C=O) groups excluding carboxylic acids is 2. The zero-order valence-corrected chi connectivity index (χ0v) is 19.2. The first-order chi connectivity index (χ1) is 15.7. The molecule has 168 valence electrons. The zero-order chi connectivity index (χ0) is 23.7. The third-order valence-electron chi connectivity index (χ3n) is 5.48. The second-order valence-electron chi connectivity index (χ2n) is 8.22. The Balaban J connectivity index is 1.61. The number of amides is 1. The van der Waals surface area contributed by atoms with E-state index >= 15 is 0 Å². The van der Waals surface area contributed by atoms with Gasteiger partial charge in [0, 0.05) is 11.3 Å². The average molecular weight is 444 g/mol. The first-order valence-electron chi connectivity index (χ1n) is 10.7. The van der Waals surface area contributed by atoms with Gasteiger partial charge in [0.2, 0.25) is 0 Å². The predicted molar refractivity (Wildman–Crippen MR) is 126 cm³/mol. The van der Waals surface area contributed by atoms with Crippen molar-refractivity contribution in [2.24, 2.45) is 0 Å². The van der Waals surface area contributed by atoms with Crippen LogP contribution in [0.4, 0.5) is 5.69 Å². The van der Waals surface area contributed by atoms with Crippen LogP contribution in [0, 0.1) is 27.7 Å². The number of hydrogen-bond acceptors (Lipinski definition) is 6. The fraction of sp³-hybridized carbons (Fsp3) is 0.231. The SMILES string of the molecule is Cc1ccc(-c2cc(C(=O)OC(C)C(=O)Nc3ccc(C)cc3C)c3c(C)noc3n2)cc1. The molecule has 1 N–H and O–H groups in total. The molecule has 1 amide bonds. The first-order valence-corrected chi connectivity index (χ1v) is 10.7. The molecular formula is C26H25N3O4. The Hall–Kier alpha value is -4.00. The Morgan fingerprint density at radius 3 is 2.36 bits per heavy atom. The van der Waals surface area contributed by atoms with Crippen molar-refractivity contribution < 1.29 is 18.8 Å².